The molecule has 2 rings (SSSR count). The van der Waals surface area contributed by atoms with Gasteiger partial charge in [-0.15, -0.1) is 0 Å². The standard InChI is InChI=1S/C17H23FN2O3/c1-23-17(22)6-9-19-7-3-8-20(11-10-19)16(21)13-14-4-2-5-15(18)12-14/h2,4-5,12H,3,6-11,13H2,1H3. The Labute approximate surface area is 136 Å². The number of nitrogens with zero attached hydrogens (tertiary/aromatic N) is 2. The van der Waals surface area contributed by atoms with Crippen molar-refractivity contribution in [1.29, 1.82) is 0 Å². The first-order valence-corrected chi connectivity index (χ1v) is 7.90. The Balaban J connectivity index is 1.82. The Bertz CT molecular complexity index is 550. The highest BCUT2D eigenvalue weighted by atomic mass is 19.1. The third kappa shape index (κ3) is 5.63. The van der Waals surface area contributed by atoms with Crippen LogP contribution in [0.25, 0.3) is 0 Å². The van der Waals surface area contributed by atoms with Gasteiger partial charge >= 0.3 is 5.97 Å². The van der Waals surface area contributed by atoms with Crippen molar-refractivity contribution in [2.24, 2.45) is 0 Å². The summed E-state index contributed by atoms with van der Waals surface area (Å²) in [6, 6.07) is 6.16. The number of hydrogen-bond acceptors (Lipinski definition) is 4. The number of amides is 1. The molecule has 0 radical (unpaired) electrons. The zero-order valence-electron chi connectivity index (χ0n) is 13.5. The second-order valence-electron chi connectivity index (χ2n) is 5.71. The van der Waals surface area contributed by atoms with Crippen molar-refractivity contribution in [3.05, 3.63) is 35.6 Å². The molecule has 1 amide bonds. The fraction of sp³-hybridized carbons (Fsp3) is 0.529. The van der Waals surface area contributed by atoms with E-state index in [-0.39, 0.29) is 24.1 Å². The lowest BCUT2D eigenvalue weighted by molar-refractivity contribution is -0.141. The quantitative estimate of drug-likeness (QED) is 0.770. The molecule has 0 bridgehead atoms. The molecule has 0 atom stereocenters. The molecule has 126 valence electrons. The van der Waals surface area contributed by atoms with E-state index in [4.69, 9.17) is 0 Å². The van der Waals surface area contributed by atoms with Gasteiger partial charge in [-0.2, -0.15) is 0 Å². The van der Waals surface area contributed by atoms with Gasteiger partial charge in [-0.1, -0.05) is 12.1 Å². The van der Waals surface area contributed by atoms with Crippen molar-refractivity contribution in [1.82, 2.24) is 9.80 Å². The number of carbonyl (C=O) groups excluding carboxylic acids is 2. The number of hydrogen-bond donors (Lipinski definition) is 0. The van der Waals surface area contributed by atoms with Gasteiger partial charge in [-0.25, -0.2) is 4.39 Å². The second-order valence-corrected chi connectivity index (χ2v) is 5.71. The van der Waals surface area contributed by atoms with Crippen LogP contribution >= 0.6 is 0 Å². The number of rotatable bonds is 5. The molecule has 0 aliphatic carbocycles. The van der Waals surface area contributed by atoms with Crippen LogP contribution in [0.2, 0.25) is 0 Å². The summed E-state index contributed by atoms with van der Waals surface area (Å²) in [5.41, 5.74) is 0.696. The summed E-state index contributed by atoms with van der Waals surface area (Å²) in [6.07, 6.45) is 1.46. The lowest BCUT2D eigenvalue weighted by atomic mass is 10.1. The molecule has 0 unspecified atom stereocenters. The van der Waals surface area contributed by atoms with E-state index in [0.717, 1.165) is 19.5 Å². The first kappa shape index (κ1) is 17.4. The summed E-state index contributed by atoms with van der Waals surface area (Å²) >= 11 is 0. The summed E-state index contributed by atoms with van der Waals surface area (Å²) in [6.45, 7) is 3.59. The van der Waals surface area contributed by atoms with Crippen molar-refractivity contribution in [3.63, 3.8) is 0 Å². The van der Waals surface area contributed by atoms with Gasteiger partial charge in [-0.05, 0) is 30.7 Å². The van der Waals surface area contributed by atoms with Crippen LogP contribution in [0.3, 0.4) is 0 Å². The van der Waals surface area contributed by atoms with Crippen molar-refractivity contribution in [3.8, 4) is 0 Å². The van der Waals surface area contributed by atoms with Crippen molar-refractivity contribution in [2.45, 2.75) is 19.3 Å². The Hall–Kier alpha value is -1.95. The van der Waals surface area contributed by atoms with Crippen LogP contribution in [-0.4, -0.2) is 61.5 Å². The number of benzene rings is 1. The molecule has 0 N–H and O–H groups in total. The second kappa shape index (κ2) is 8.62. The average molecular weight is 322 g/mol. The highest BCUT2D eigenvalue weighted by Gasteiger charge is 2.19. The van der Waals surface area contributed by atoms with E-state index in [1.54, 1.807) is 12.1 Å². The molecule has 1 heterocycles. The van der Waals surface area contributed by atoms with Gasteiger partial charge in [-0.3, -0.25) is 9.59 Å². The SMILES string of the molecule is COC(=O)CCN1CCCN(C(=O)Cc2cccc(F)c2)CC1. The molecule has 0 spiro atoms. The van der Waals surface area contributed by atoms with E-state index in [2.05, 4.69) is 9.64 Å². The van der Waals surface area contributed by atoms with Crippen LogP contribution in [0.1, 0.15) is 18.4 Å². The van der Waals surface area contributed by atoms with Gasteiger partial charge in [0.05, 0.1) is 20.0 Å². The molecule has 0 aromatic heterocycles. The minimum atomic E-state index is -0.319. The van der Waals surface area contributed by atoms with Gasteiger partial charge in [0.15, 0.2) is 0 Å². The summed E-state index contributed by atoms with van der Waals surface area (Å²) in [4.78, 5) is 27.6. The fourth-order valence-electron chi connectivity index (χ4n) is 2.73. The summed E-state index contributed by atoms with van der Waals surface area (Å²) in [5, 5.41) is 0. The van der Waals surface area contributed by atoms with E-state index < -0.39 is 0 Å². The molecule has 1 fully saturated rings. The van der Waals surface area contributed by atoms with Crippen LogP contribution in [-0.2, 0) is 20.7 Å². The zero-order valence-corrected chi connectivity index (χ0v) is 13.5. The number of esters is 1. The molecule has 1 saturated heterocycles. The topological polar surface area (TPSA) is 49.9 Å². The Morgan fingerprint density at radius 2 is 2.04 bits per heavy atom. The van der Waals surface area contributed by atoms with Crippen LogP contribution in [0.5, 0.6) is 0 Å². The molecule has 6 heteroatoms. The maximum Gasteiger partial charge on any atom is 0.306 e. The third-order valence-corrected chi connectivity index (χ3v) is 4.05. The van der Waals surface area contributed by atoms with Crippen molar-refractivity contribution < 1.29 is 18.7 Å². The number of halogens is 1. The predicted molar refractivity (Wildman–Crippen MR) is 84.4 cm³/mol. The van der Waals surface area contributed by atoms with E-state index in [1.165, 1.54) is 19.2 Å². The third-order valence-electron chi connectivity index (χ3n) is 4.05. The van der Waals surface area contributed by atoms with E-state index in [1.807, 2.05) is 4.90 Å². The van der Waals surface area contributed by atoms with Crippen LogP contribution < -0.4 is 0 Å². The highest BCUT2D eigenvalue weighted by molar-refractivity contribution is 5.78. The lowest BCUT2D eigenvalue weighted by Crippen LogP contribution is -2.36. The zero-order chi connectivity index (χ0) is 16.7. The molecule has 1 aliphatic heterocycles. The molecule has 5 nitrogen and oxygen atoms in total. The largest absolute Gasteiger partial charge is 0.469 e. The normalized spacial score (nSPS) is 16.0. The molecular weight excluding hydrogens is 299 g/mol. The fourth-order valence-corrected chi connectivity index (χ4v) is 2.73. The molecule has 0 saturated carbocycles. The van der Waals surface area contributed by atoms with Crippen molar-refractivity contribution >= 4 is 11.9 Å². The first-order valence-electron chi connectivity index (χ1n) is 7.90. The number of methoxy groups -OCH3 is 1. The Morgan fingerprint density at radius 1 is 1.22 bits per heavy atom. The van der Waals surface area contributed by atoms with Crippen LogP contribution in [0, 0.1) is 5.82 Å². The monoisotopic (exact) mass is 322 g/mol. The molecule has 1 aliphatic rings. The molecular formula is C17H23FN2O3. The average Bonchev–Trinajstić information content (AvgIpc) is 2.78. The van der Waals surface area contributed by atoms with E-state index >= 15 is 0 Å². The molecule has 23 heavy (non-hydrogen) atoms. The summed E-state index contributed by atoms with van der Waals surface area (Å²) < 4.78 is 17.8. The minimum Gasteiger partial charge on any atom is -0.469 e. The Morgan fingerprint density at radius 3 is 2.78 bits per heavy atom. The van der Waals surface area contributed by atoms with Gasteiger partial charge < -0.3 is 14.5 Å². The van der Waals surface area contributed by atoms with Gasteiger partial charge in [0, 0.05) is 26.2 Å². The van der Waals surface area contributed by atoms with Crippen molar-refractivity contribution in [2.75, 3.05) is 39.8 Å². The van der Waals surface area contributed by atoms with Gasteiger partial charge in [0.2, 0.25) is 5.91 Å². The van der Waals surface area contributed by atoms with Gasteiger partial charge in [0.1, 0.15) is 5.82 Å². The smallest absolute Gasteiger partial charge is 0.306 e. The Kier molecular flexibility index (Phi) is 6.52. The first-order chi connectivity index (χ1) is 11.1. The summed E-state index contributed by atoms with van der Waals surface area (Å²) in [7, 11) is 1.39. The lowest BCUT2D eigenvalue weighted by Gasteiger charge is -2.22. The van der Waals surface area contributed by atoms with Crippen LogP contribution in [0.4, 0.5) is 4.39 Å². The maximum absolute atomic E-state index is 13.2. The van der Waals surface area contributed by atoms with E-state index in [9.17, 15) is 14.0 Å². The predicted octanol–water partition coefficient (Wildman–Crippen LogP) is 1.47. The van der Waals surface area contributed by atoms with Gasteiger partial charge in [0.25, 0.3) is 0 Å². The number of ether oxygens (including phenoxy) is 1. The highest BCUT2D eigenvalue weighted by Crippen LogP contribution is 2.09. The van der Waals surface area contributed by atoms with E-state index in [0.29, 0.717) is 31.6 Å². The van der Waals surface area contributed by atoms with Crippen LogP contribution in [0.15, 0.2) is 24.3 Å². The minimum absolute atomic E-state index is 0.0189. The summed E-state index contributed by atoms with van der Waals surface area (Å²) in [5.74, 6) is -0.515. The molecule has 1 aromatic carbocycles. The number of carbonyl (C=O) groups is 2. The molecule has 1 aromatic rings. The maximum atomic E-state index is 13.2.